The number of aryl methyl sites for hydroxylation is 1. The molecule has 0 bridgehead atoms. The molecular formula is C15H25ClIN3O. The molecule has 0 aliphatic carbocycles. The van der Waals surface area contributed by atoms with E-state index in [0.29, 0.717) is 13.1 Å². The van der Waals surface area contributed by atoms with E-state index in [-0.39, 0.29) is 23.7 Å². The minimum atomic E-state index is 0. The van der Waals surface area contributed by atoms with Crippen LogP contribution < -0.4 is 11.1 Å². The van der Waals surface area contributed by atoms with Crippen molar-refractivity contribution < 1.29 is 4.79 Å². The number of rotatable bonds is 6. The smallest absolute Gasteiger partial charge is 0.238 e. The van der Waals surface area contributed by atoms with Crippen LogP contribution in [0.15, 0.2) is 18.2 Å². The van der Waals surface area contributed by atoms with Crippen molar-refractivity contribution in [2.45, 2.75) is 20.8 Å². The number of hydrogen-bond acceptors (Lipinski definition) is 3. The molecule has 0 atom stereocenters. The fourth-order valence-corrected chi connectivity index (χ4v) is 2.70. The number of benzene rings is 1. The first kappa shape index (κ1) is 20.6. The van der Waals surface area contributed by atoms with Crippen molar-refractivity contribution in [2.75, 3.05) is 32.0 Å². The molecule has 120 valence electrons. The summed E-state index contributed by atoms with van der Waals surface area (Å²) in [6.07, 6.45) is 0. The van der Waals surface area contributed by atoms with Crippen molar-refractivity contribution in [2.24, 2.45) is 11.1 Å². The number of likely N-dealkylation sites (N-methyl/N-ethyl adjacent to an activating group) is 1. The molecule has 21 heavy (non-hydrogen) atoms. The highest BCUT2D eigenvalue weighted by molar-refractivity contribution is 14.1. The Bertz CT molecular complexity index is 480. The second-order valence-corrected chi connectivity index (χ2v) is 7.29. The maximum Gasteiger partial charge on any atom is 0.238 e. The number of amides is 1. The van der Waals surface area contributed by atoms with E-state index in [0.717, 1.165) is 17.8 Å². The molecule has 6 heteroatoms. The Morgan fingerprint density at radius 1 is 1.43 bits per heavy atom. The molecule has 1 aromatic rings. The summed E-state index contributed by atoms with van der Waals surface area (Å²) < 4.78 is 1.17. The van der Waals surface area contributed by atoms with Gasteiger partial charge in [0.1, 0.15) is 0 Å². The van der Waals surface area contributed by atoms with E-state index in [4.69, 9.17) is 5.73 Å². The van der Waals surface area contributed by atoms with Crippen molar-refractivity contribution >= 4 is 46.6 Å². The molecule has 0 aromatic heterocycles. The van der Waals surface area contributed by atoms with Gasteiger partial charge < -0.3 is 11.1 Å². The lowest BCUT2D eigenvalue weighted by Crippen LogP contribution is -2.40. The van der Waals surface area contributed by atoms with Crippen molar-refractivity contribution in [1.29, 1.82) is 0 Å². The normalized spacial score (nSPS) is 11.2. The molecule has 0 aliphatic heterocycles. The lowest BCUT2D eigenvalue weighted by Gasteiger charge is -2.28. The molecule has 4 nitrogen and oxygen atoms in total. The molecule has 0 saturated heterocycles. The van der Waals surface area contributed by atoms with Crippen LogP contribution in [0.5, 0.6) is 0 Å². The number of carbonyl (C=O) groups excluding carboxylic acids is 1. The van der Waals surface area contributed by atoms with Gasteiger partial charge in [0.15, 0.2) is 0 Å². The summed E-state index contributed by atoms with van der Waals surface area (Å²) in [5.41, 5.74) is 7.69. The molecule has 1 aromatic carbocycles. The Labute approximate surface area is 147 Å². The van der Waals surface area contributed by atoms with Gasteiger partial charge in [0.05, 0.1) is 6.54 Å². The lowest BCUT2D eigenvalue weighted by atomic mass is 9.93. The molecular weight excluding hydrogens is 401 g/mol. The summed E-state index contributed by atoms with van der Waals surface area (Å²) in [5.74, 6) is 0.00429. The fourth-order valence-electron chi connectivity index (χ4n) is 2.05. The van der Waals surface area contributed by atoms with E-state index in [1.807, 2.05) is 31.0 Å². The first-order valence-corrected chi connectivity index (χ1v) is 7.76. The molecule has 1 amide bonds. The summed E-state index contributed by atoms with van der Waals surface area (Å²) in [4.78, 5) is 14.1. The van der Waals surface area contributed by atoms with E-state index in [1.54, 1.807) is 0 Å². The van der Waals surface area contributed by atoms with Crippen LogP contribution in [0, 0.1) is 15.9 Å². The van der Waals surface area contributed by atoms with E-state index < -0.39 is 0 Å². The summed E-state index contributed by atoms with van der Waals surface area (Å²) in [5, 5.41) is 2.96. The number of nitrogens with zero attached hydrogens (tertiary/aromatic N) is 1. The molecule has 1 rings (SSSR count). The first-order chi connectivity index (χ1) is 9.23. The number of nitrogens with one attached hydrogen (secondary N) is 1. The molecule has 0 spiro atoms. The van der Waals surface area contributed by atoms with E-state index in [2.05, 4.69) is 47.8 Å². The zero-order valence-electron chi connectivity index (χ0n) is 13.1. The molecule has 0 fully saturated rings. The third-order valence-corrected chi connectivity index (χ3v) is 3.80. The van der Waals surface area contributed by atoms with Crippen molar-refractivity contribution in [1.82, 2.24) is 4.90 Å². The van der Waals surface area contributed by atoms with Gasteiger partial charge in [-0.1, -0.05) is 13.8 Å². The van der Waals surface area contributed by atoms with Gasteiger partial charge in [-0.05, 0) is 72.3 Å². The SMILES string of the molecule is Cc1cc(I)ccc1NC(=O)CN(C)CC(C)(C)CN.Cl. The topological polar surface area (TPSA) is 58.4 Å². The second kappa shape index (κ2) is 8.92. The van der Waals surface area contributed by atoms with Gasteiger partial charge in [-0.25, -0.2) is 0 Å². The van der Waals surface area contributed by atoms with Crippen LogP contribution in [0.25, 0.3) is 0 Å². The standard InChI is InChI=1S/C15H24IN3O.ClH/c1-11-7-12(16)5-6-13(11)18-14(20)8-19(4)10-15(2,3)9-17;/h5-7H,8-10,17H2,1-4H3,(H,18,20);1H. The summed E-state index contributed by atoms with van der Waals surface area (Å²) in [6.45, 7) is 7.97. The first-order valence-electron chi connectivity index (χ1n) is 6.68. The Kier molecular flexibility index (Phi) is 8.77. The molecule has 3 N–H and O–H groups in total. The van der Waals surface area contributed by atoms with Gasteiger partial charge in [0.2, 0.25) is 5.91 Å². The lowest BCUT2D eigenvalue weighted by molar-refractivity contribution is -0.117. The average Bonchev–Trinajstić information content (AvgIpc) is 2.32. The van der Waals surface area contributed by atoms with Crippen LogP contribution in [-0.4, -0.2) is 37.5 Å². The summed E-state index contributed by atoms with van der Waals surface area (Å²) >= 11 is 2.26. The Morgan fingerprint density at radius 3 is 2.57 bits per heavy atom. The van der Waals surface area contributed by atoms with Gasteiger partial charge >= 0.3 is 0 Å². The number of nitrogens with two attached hydrogens (primary N) is 1. The summed E-state index contributed by atoms with van der Waals surface area (Å²) in [7, 11) is 1.94. The van der Waals surface area contributed by atoms with Crippen LogP contribution >= 0.6 is 35.0 Å². The number of halogens is 2. The molecule has 0 aliphatic rings. The van der Waals surface area contributed by atoms with E-state index >= 15 is 0 Å². The zero-order valence-corrected chi connectivity index (χ0v) is 16.0. The van der Waals surface area contributed by atoms with Gasteiger partial charge in [0.25, 0.3) is 0 Å². The van der Waals surface area contributed by atoms with E-state index in [9.17, 15) is 4.79 Å². The minimum absolute atomic E-state index is 0. The quantitative estimate of drug-likeness (QED) is 0.689. The maximum atomic E-state index is 12.0. The van der Waals surface area contributed by atoms with Crippen molar-refractivity contribution in [3.05, 3.63) is 27.3 Å². The maximum absolute atomic E-state index is 12.0. The number of hydrogen-bond donors (Lipinski definition) is 2. The van der Waals surface area contributed by atoms with Crippen LogP contribution in [0.2, 0.25) is 0 Å². The van der Waals surface area contributed by atoms with Gasteiger partial charge in [0, 0.05) is 15.8 Å². The van der Waals surface area contributed by atoms with Gasteiger partial charge in [-0.2, -0.15) is 0 Å². The molecule has 0 radical (unpaired) electrons. The third-order valence-electron chi connectivity index (χ3n) is 3.13. The summed E-state index contributed by atoms with van der Waals surface area (Å²) in [6, 6.07) is 5.99. The Balaban J connectivity index is 0.00000400. The highest BCUT2D eigenvalue weighted by Gasteiger charge is 2.19. The molecule has 0 heterocycles. The molecule has 0 saturated carbocycles. The van der Waals surface area contributed by atoms with E-state index in [1.165, 1.54) is 3.57 Å². The van der Waals surface area contributed by atoms with Crippen LogP contribution in [0.3, 0.4) is 0 Å². The van der Waals surface area contributed by atoms with Gasteiger partial charge in [-0.15, -0.1) is 12.4 Å². The van der Waals surface area contributed by atoms with Crippen LogP contribution in [0.1, 0.15) is 19.4 Å². The number of carbonyl (C=O) groups is 1. The van der Waals surface area contributed by atoms with Crippen molar-refractivity contribution in [3.63, 3.8) is 0 Å². The largest absolute Gasteiger partial charge is 0.330 e. The number of anilines is 1. The molecule has 0 unspecified atom stereocenters. The predicted molar refractivity (Wildman–Crippen MR) is 100 cm³/mol. The second-order valence-electron chi connectivity index (χ2n) is 6.05. The Hall–Kier alpha value is -0.370. The highest BCUT2D eigenvalue weighted by atomic mass is 127. The zero-order chi connectivity index (χ0) is 15.3. The average molecular weight is 426 g/mol. The van der Waals surface area contributed by atoms with Gasteiger partial charge in [-0.3, -0.25) is 9.69 Å². The highest BCUT2D eigenvalue weighted by Crippen LogP contribution is 2.18. The minimum Gasteiger partial charge on any atom is -0.330 e. The van der Waals surface area contributed by atoms with Crippen LogP contribution in [0.4, 0.5) is 5.69 Å². The third kappa shape index (κ3) is 7.44. The monoisotopic (exact) mass is 425 g/mol. The Morgan fingerprint density at radius 2 is 2.05 bits per heavy atom. The fraction of sp³-hybridized carbons (Fsp3) is 0.533. The van der Waals surface area contributed by atoms with Crippen LogP contribution in [-0.2, 0) is 4.79 Å². The van der Waals surface area contributed by atoms with Crippen molar-refractivity contribution in [3.8, 4) is 0 Å². The predicted octanol–water partition coefficient (Wildman–Crippen LogP) is 2.88.